The molecule has 1 aromatic carbocycles. The number of carbonyl (C=O) groups is 1. The first-order valence-electron chi connectivity index (χ1n) is 7.55. The van der Waals surface area contributed by atoms with E-state index in [4.69, 9.17) is 0 Å². The Bertz CT molecular complexity index is 703. The molecule has 1 aliphatic carbocycles. The summed E-state index contributed by atoms with van der Waals surface area (Å²) < 4.78 is 1.17. The number of rotatable bonds is 2. The zero-order chi connectivity index (χ0) is 14.4. The first-order chi connectivity index (χ1) is 10.2. The molecule has 2 heterocycles. The van der Waals surface area contributed by atoms with Gasteiger partial charge >= 0.3 is 0 Å². The Labute approximate surface area is 128 Å². The lowest BCUT2D eigenvalue weighted by Crippen LogP contribution is -2.31. The number of hydrogen-bond donors (Lipinski definition) is 2. The molecule has 4 nitrogen and oxygen atoms in total. The van der Waals surface area contributed by atoms with Gasteiger partial charge in [0.2, 0.25) is 5.91 Å². The Kier molecular flexibility index (Phi) is 3.01. The highest BCUT2D eigenvalue weighted by atomic mass is 32.1. The van der Waals surface area contributed by atoms with Crippen LogP contribution in [-0.2, 0) is 4.79 Å². The van der Waals surface area contributed by atoms with E-state index in [1.54, 1.807) is 11.3 Å². The topological polar surface area (TPSA) is 54.0 Å². The van der Waals surface area contributed by atoms with Gasteiger partial charge in [0.15, 0.2) is 0 Å². The maximum absolute atomic E-state index is 12.4. The van der Waals surface area contributed by atoms with Gasteiger partial charge in [-0.05, 0) is 62.9 Å². The van der Waals surface area contributed by atoms with E-state index in [-0.39, 0.29) is 17.2 Å². The number of anilines is 1. The molecule has 5 heteroatoms. The number of benzene rings is 1. The minimum Gasteiger partial charge on any atom is -0.326 e. The molecule has 1 saturated carbocycles. The zero-order valence-corrected chi connectivity index (χ0v) is 12.9. The number of aromatic nitrogens is 1. The minimum absolute atomic E-state index is 0.184. The first-order valence-corrected chi connectivity index (χ1v) is 8.37. The highest BCUT2D eigenvalue weighted by molar-refractivity contribution is 7.18. The summed E-state index contributed by atoms with van der Waals surface area (Å²) in [6, 6.07) is 6.01. The number of amides is 1. The van der Waals surface area contributed by atoms with Crippen molar-refractivity contribution in [2.45, 2.75) is 26.2 Å². The van der Waals surface area contributed by atoms with Crippen molar-refractivity contribution in [2.75, 3.05) is 18.4 Å². The monoisotopic (exact) mass is 301 g/mol. The van der Waals surface area contributed by atoms with E-state index in [0.717, 1.165) is 48.6 Å². The van der Waals surface area contributed by atoms with E-state index in [2.05, 4.69) is 15.6 Å². The summed E-state index contributed by atoms with van der Waals surface area (Å²) in [4.78, 5) is 16.9. The zero-order valence-electron chi connectivity index (χ0n) is 12.1. The number of nitrogens with one attached hydrogen (secondary N) is 2. The molecule has 1 aliphatic heterocycles. The lowest BCUT2D eigenvalue weighted by atomic mass is 9.92. The average Bonchev–Trinajstić information content (AvgIpc) is 3.02. The van der Waals surface area contributed by atoms with Gasteiger partial charge in [-0.3, -0.25) is 4.79 Å². The van der Waals surface area contributed by atoms with Crippen LogP contribution in [0.5, 0.6) is 0 Å². The van der Waals surface area contributed by atoms with Crippen LogP contribution < -0.4 is 10.6 Å². The van der Waals surface area contributed by atoms with Gasteiger partial charge in [0.1, 0.15) is 0 Å². The van der Waals surface area contributed by atoms with Gasteiger partial charge in [0.25, 0.3) is 0 Å². The van der Waals surface area contributed by atoms with Crippen molar-refractivity contribution < 1.29 is 4.79 Å². The van der Waals surface area contributed by atoms with E-state index in [1.165, 1.54) is 4.70 Å². The Morgan fingerprint density at radius 3 is 3.05 bits per heavy atom. The molecule has 110 valence electrons. The summed E-state index contributed by atoms with van der Waals surface area (Å²) in [5.74, 6) is 0.385. The van der Waals surface area contributed by atoms with Crippen LogP contribution in [0.2, 0.25) is 0 Å². The van der Waals surface area contributed by atoms with Crippen LogP contribution in [0.4, 0.5) is 5.69 Å². The lowest BCUT2D eigenvalue weighted by molar-refractivity contribution is -0.118. The highest BCUT2D eigenvalue weighted by Crippen LogP contribution is 2.58. The van der Waals surface area contributed by atoms with Crippen LogP contribution >= 0.6 is 11.3 Å². The number of nitrogens with zero attached hydrogens (tertiary/aromatic N) is 1. The van der Waals surface area contributed by atoms with E-state index in [9.17, 15) is 4.79 Å². The van der Waals surface area contributed by atoms with E-state index in [0.29, 0.717) is 0 Å². The third kappa shape index (κ3) is 2.34. The molecular formula is C16H19N3OS. The van der Waals surface area contributed by atoms with E-state index in [1.807, 2.05) is 25.1 Å². The summed E-state index contributed by atoms with van der Waals surface area (Å²) in [7, 11) is 0. The summed E-state index contributed by atoms with van der Waals surface area (Å²) in [6.07, 6.45) is 3.32. The predicted octanol–water partition coefficient (Wildman–Crippen LogP) is 2.93. The molecule has 2 aromatic rings. The lowest BCUT2D eigenvalue weighted by Gasteiger charge is -2.23. The fourth-order valence-electron chi connectivity index (χ4n) is 3.55. The number of carbonyl (C=O) groups excluding carboxylic acids is 1. The van der Waals surface area contributed by atoms with Crippen molar-refractivity contribution >= 4 is 33.1 Å². The molecule has 21 heavy (non-hydrogen) atoms. The van der Waals surface area contributed by atoms with Gasteiger partial charge in [-0.15, -0.1) is 11.3 Å². The van der Waals surface area contributed by atoms with Crippen LogP contribution in [0.15, 0.2) is 18.2 Å². The molecule has 2 fully saturated rings. The Morgan fingerprint density at radius 2 is 2.24 bits per heavy atom. The molecule has 4 rings (SSSR count). The smallest absolute Gasteiger partial charge is 0.228 e. The summed E-state index contributed by atoms with van der Waals surface area (Å²) in [6.45, 7) is 4.11. The molecule has 1 atom stereocenters. The summed E-state index contributed by atoms with van der Waals surface area (Å²) in [5, 5.41) is 7.51. The first kappa shape index (κ1) is 13.2. The largest absolute Gasteiger partial charge is 0.326 e. The van der Waals surface area contributed by atoms with Crippen molar-refractivity contribution in [1.82, 2.24) is 10.3 Å². The molecule has 2 N–H and O–H groups in total. The van der Waals surface area contributed by atoms with Gasteiger partial charge < -0.3 is 10.6 Å². The second-order valence-corrected chi connectivity index (χ2v) is 7.51. The second kappa shape index (κ2) is 4.78. The van der Waals surface area contributed by atoms with Crippen LogP contribution in [0, 0.1) is 18.3 Å². The number of fused-ring (bicyclic) bond motifs is 1. The van der Waals surface area contributed by atoms with Gasteiger partial charge in [-0.1, -0.05) is 0 Å². The maximum atomic E-state index is 12.4. The van der Waals surface area contributed by atoms with Crippen molar-refractivity contribution in [3.05, 3.63) is 23.2 Å². The Hall–Kier alpha value is -1.46. The second-order valence-electron chi connectivity index (χ2n) is 6.27. The molecule has 1 amide bonds. The average molecular weight is 301 g/mol. The van der Waals surface area contributed by atoms with Gasteiger partial charge in [0.05, 0.1) is 15.2 Å². The maximum Gasteiger partial charge on any atom is 0.228 e. The number of piperidine rings is 1. The van der Waals surface area contributed by atoms with Crippen molar-refractivity contribution in [3.8, 4) is 0 Å². The number of thiazole rings is 1. The van der Waals surface area contributed by atoms with Crippen LogP contribution in [-0.4, -0.2) is 24.0 Å². The van der Waals surface area contributed by atoms with E-state index >= 15 is 0 Å². The Morgan fingerprint density at radius 1 is 1.43 bits per heavy atom. The number of hydrogen-bond acceptors (Lipinski definition) is 4. The summed E-state index contributed by atoms with van der Waals surface area (Å²) >= 11 is 1.69. The van der Waals surface area contributed by atoms with Gasteiger partial charge in [-0.2, -0.15) is 0 Å². The fraction of sp³-hybridized carbons (Fsp3) is 0.500. The highest BCUT2D eigenvalue weighted by Gasteiger charge is 2.57. The third-order valence-corrected chi connectivity index (χ3v) is 5.82. The van der Waals surface area contributed by atoms with Crippen molar-refractivity contribution in [2.24, 2.45) is 11.3 Å². The van der Waals surface area contributed by atoms with Gasteiger partial charge in [0, 0.05) is 11.6 Å². The predicted molar refractivity (Wildman–Crippen MR) is 85.6 cm³/mol. The standard InChI is InChI=1S/C16H19N3OS/c1-10-18-13-8-11(2-3-14(13)21-10)19-15(20)12-9-16(12)4-6-17-7-5-16/h2-3,8,12,17H,4-7,9H2,1H3,(H,19,20)/t12-/m1/s1. The van der Waals surface area contributed by atoms with Gasteiger partial charge in [-0.25, -0.2) is 4.98 Å². The van der Waals surface area contributed by atoms with Crippen molar-refractivity contribution in [1.29, 1.82) is 0 Å². The van der Waals surface area contributed by atoms with Crippen LogP contribution in [0.3, 0.4) is 0 Å². The molecular weight excluding hydrogens is 282 g/mol. The molecule has 1 saturated heterocycles. The van der Waals surface area contributed by atoms with Crippen LogP contribution in [0.25, 0.3) is 10.2 Å². The Balaban J connectivity index is 1.48. The molecule has 0 radical (unpaired) electrons. The summed E-state index contributed by atoms with van der Waals surface area (Å²) in [5.41, 5.74) is 2.13. The molecule has 0 bridgehead atoms. The van der Waals surface area contributed by atoms with Crippen molar-refractivity contribution in [3.63, 3.8) is 0 Å². The van der Waals surface area contributed by atoms with Crippen LogP contribution in [0.1, 0.15) is 24.3 Å². The normalized spacial score (nSPS) is 23.4. The SMILES string of the molecule is Cc1nc2cc(NC(=O)[C@H]3CC34CCNCC4)ccc2s1. The van der Waals surface area contributed by atoms with E-state index < -0.39 is 0 Å². The molecule has 0 unspecified atom stereocenters. The third-order valence-electron chi connectivity index (χ3n) is 4.87. The molecule has 1 spiro atoms. The molecule has 1 aromatic heterocycles. The minimum atomic E-state index is 0.184. The fourth-order valence-corrected chi connectivity index (χ4v) is 4.35. The number of aryl methyl sites for hydroxylation is 1. The quantitative estimate of drug-likeness (QED) is 0.896. The molecule has 2 aliphatic rings.